The minimum absolute atomic E-state index is 0.0196. The highest BCUT2D eigenvalue weighted by atomic mass is 32.1. The molecule has 0 bridgehead atoms. The number of aryl methyl sites for hydroxylation is 1. The van der Waals surface area contributed by atoms with Gasteiger partial charge < -0.3 is 5.32 Å². The molecule has 7 nitrogen and oxygen atoms in total. The Labute approximate surface area is 175 Å². The lowest BCUT2D eigenvalue weighted by atomic mass is 9.97. The molecule has 0 radical (unpaired) electrons. The molecular formula is C21H24N6OS. The third kappa shape index (κ3) is 4.60. The molecule has 1 aromatic carbocycles. The molecule has 2 aromatic heterocycles. The average molecular weight is 409 g/mol. The topological polar surface area (TPSA) is 68.0 Å². The van der Waals surface area contributed by atoms with Crippen LogP contribution >= 0.6 is 12.2 Å². The van der Waals surface area contributed by atoms with E-state index in [-0.39, 0.29) is 11.8 Å². The van der Waals surface area contributed by atoms with Crippen LogP contribution in [0.2, 0.25) is 0 Å². The van der Waals surface area contributed by atoms with Crippen LogP contribution in [0.1, 0.15) is 18.5 Å². The Kier molecular flexibility index (Phi) is 5.82. The number of nitrogens with one attached hydrogen (secondary N) is 1. The van der Waals surface area contributed by atoms with E-state index in [1.54, 1.807) is 6.33 Å². The zero-order valence-corrected chi connectivity index (χ0v) is 17.2. The van der Waals surface area contributed by atoms with Gasteiger partial charge in [-0.3, -0.25) is 14.3 Å². The van der Waals surface area contributed by atoms with Gasteiger partial charge in [0.25, 0.3) is 0 Å². The van der Waals surface area contributed by atoms with Crippen molar-refractivity contribution in [2.24, 2.45) is 5.92 Å². The maximum absolute atomic E-state index is 12.7. The van der Waals surface area contributed by atoms with Crippen molar-refractivity contribution in [3.63, 3.8) is 0 Å². The van der Waals surface area contributed by atoms with E-state index in [2.05, 4.69) is 20.3 Å². The van der Waals surface area contributed by atoms with Crippen LogP contribution in [0.25, 0.3) is 5.69 Å². The maximum Gasteiger partial charge on any atom is 0.229 e. The zero-order valence-electron chi connectivity index (χ0n) is 16.4. The molecule has 0 aliphatic carbocycles. The first-order valence-electron chi connectivity index (χ1n) is 9.77. The summed E-state index contributed by atoms with van der Waals surface area (Å²) in [5.41, 5.74) is 1.88. The van der Waals surface area contributed by atoms with Crippen molar-refractivity contribution in [3.05, 3.63) is 65.3 Å². The van der Waals surface area contributed by atoms with E-state index in [0.29, 0.717) is 23.8 Å². The van der Waals surface area contributed by atoms with E-state index in [9.17, 15) is 4.79 Å². The summed E-state index contributed by atoms with van der Waals surface area (Å²) in [6.07, 6.45) is 3.58. The molecule has 8 heteroatoms. The van der Waals surface area contributed by atoms with Crippen LogP contribution in [-0.4, -0.2) is 43.2 Å². The SMILES string of the molecule is Cc1cccc(NC(=O)C2CCCN(Cn3ncn(-c4ccccc4)c3=S)C2)n1. The predicted molar refractivity (Wildman–Crippen MR) is 114 cm³/mol. The maximum atomic E-state index is 12.7. The summed E-state index contributed by atoms with van der Waals surface area (Å²) < 4.78 is 4.35. The Bertz CT molecular complexity index is 1040. The van der Waals surface area contributed by atoms with Gasteiger partial charge in [0.05, 0.1) is 12.6 Å². The fraction of sp³-hybridized carbons (Fsp3) is 0.333. The van der Waals surface area contributed by atoms with E-state index < -0.39 is 0 Å². The minimum Gasteiger partial charge on any atom is -0.310 e. The molecule has 29 heavy (non-hydrogen) atoms. The van der Waals surface area contributed by atoms with Gasteiger partial charge in [0.1, 0.15) is 12.1 Å². The first-order chi connectivity index (χ1) is 14.1. The lowest BCUT2D eigenvalue weighted by Gasteiger charge is -2.31. The van der Waals surface area contributed by atoms with Crippen LogP contribution < -0.4 is 5.32 Å². The zero-order chi connectivity index (χ0) is 20.2. The van der Waals surface area contributed by atoms with Gasteiger partial charge in [0, 0.05) is 17.9 Å². The van der Waals surface area contributed by atoms with Gasteiger partial charge in [0.2, 0.25) is 10.7 Å². The minimum atomic E-state index is -0.0727. The molecule has 4 rings (SSSR count). The molecule has 3 aromatic rings. The van der Waals surface area contributed by atoms with Crippen LogP contribution in [0.15, 0.2) is 54.9 Å². The molecule has 3 heterocycles. The molecule has 1 N–H and O–H groups in total. The number of para-hydroxylation sites is 1. The summed E-state index contributed by atoms with van der Waals surface area (Å²) in [7, 11) is 0. The summed E-state index contributed by atoms with van der Waals surface area (Å²) in [6.45, 7) is 4.09. The molecule has 1 amide bonds. The number of piperidine rings is 1. The van der Waals surface area contributed by atoms with Crippen molar-refractivity contribution in [3.8, 4) is 5.69 Å². The van der Waals surface area contributed by atoms with Crippen LogP contribution in [0.4, 0.5) is 5.82 Å². The standard InChI is InChI=1S/C21H24N6OS/c1-16-7-5-11-19(23-16)24-20(28)17-8-6-12-25(13-17)15-27-21(29)26(14-22-27)18-9-3-2-4-10-18/h2-5,7,9-11,14,17H,6,8,12-13,15H2,1H3,(H,23,24,28). The van der Waals surface area contributed by atoms with Crippen molar-refractivity contribution in [2.75, 3.05) is 18.4 Å². The summed E-state index contributed by atoms with van der Waals surface area (Å²) in [6, 6.07) is 15.6. The molecule has 1 aliphatic rings. The number of hydrogen-bond donors (Lipinski definition) is 1. The largest absolute Gasteiger partial charge is 0.310 e. The molecule has 1 saturated heterocycles. The summed E-state index contributed by atoms with van der Waals surface area (Å²) in [4.78, 5) is 19.3. The summed E-state index contributed by atoms with van der Waals surface area (Å²) in [5.74, 6) is 0.554. The number of rotatable bonds is 5. The van der Waals surface area contributed by atoms with Gasteiger partial charge >= 0.3 is 0 Å². The van der Waals surface area contributed by atoms with Crippen LogP contribution in [0.3, 0.4) is 0 Å². The van der Waals surface area contributed by atoms with E-state index in [1.807, 2.05) is 64.7 Å². The number of amides is 1. The van der Waals surface area contributed by atoms with Gasteiger partial charge in [-0.2, -0.15) is 5.10 Å². The lowest BCUT2D eigenvalue weighted by Crippen LogP contribution is -2.41. The van der Waals surface area contributed by atoms with Crippen molar-refractivity contribution in [1.82, 2.24) is 24.2 Å². The van der Waals surface area contributed by atoms with E-state index in [4.69, 9.17) is 12.2 Å². The highest BCUT2D eigenvalue weighted by Crippen LogP contribution is 2.19. The highest BCUT2D eigenvalue weighted by molar-refractivity contribution is 7.71. The molecular weight excluding hydrogens is 384 g/mol. The number of anilines is 1. The Hall–Kier alpha value is -2.84. The number of carbonyl (C=O) groups excluding carboxylic acids is 1. The average Bonchev–Trinajstić information content (AvgIpc) is 3.09. The molecule has 0 spiro atoms. The molecule has 1 unspecified atom stereocenters. The Morgan fingerprint density at radius 3 is 2.83 bits per heavy atom. The van der Waals surface area contributed by atoms with Crippen LogP contribution in [0.5, 0.6) is 0 Å². The quantitative estimate of drug-likeness (QED) is 0.655. The third-order valence-corrected chi connectivity index (χ3v) is 5.53. The summed E-state index contributed by atoms with van der Waals surface area (Å²) >= 11 is 5.60. The van der Waals surface area contributed by atoms with Gasteiger partial charge in [0.15, 0.2) is 0 Å². The molecule has 1 aliphatic heterocycles. The van der Waals surface area contributed by atoms with Crippen molar-refractivity contribution >= 4 is 23.9 Å². The number of pyridine rings is 1. The molecule has 0 saturated carbocycles. The van der Waals surface area contributed by atoms with E-state index in [0.717, 1.165) is 30.8 Å². The second-order valence-corrected chi connectivity index (χ2v) is 7.69. The fourth-order valence-electron chi connectivity index (χ4n) is 3.63. The second-order valence-electron chi connectivity index (χ2n) is 7.33. The van der Waals surface area contributed by atoms with E-state index >= 15 is 0 Å². The number of carbonyl (C=O) groups is 1. The van der Waals surface area contributed by atoms with E-state index in [1.165, 1.54) is 0 Å². The first-order valence-corrected chi connectivity index (χ1v) is 10.2. The van der Waals surface area contributed by atoms with Crippen molar-refractivity contribution < 1.29 is 4.79 Å². The van der Waals surface area contributed by atoms with Crippen molar-refractivity contribution in [1.29, 1.82) is 0 Å². The number of likely N-dealkylation sites (tertiary alicyclic amines) is 1. The number of nitrogens with zero attached hydrogens (tertiary/aromatic N) is 5. The number of hydrogen-bond acceptors (Lipinski definition) is 5. The normalized spacial score (nSPS) is 17.2. The monoisotopic (exact) mass is 408 g/mol. The number of aromatic nitrogens is 4. The molecule has 1 atom stereocenters. The number of benzene rings is 1. The predicted octanol–water partition coefficient (Wildman–Crippen LogP) is 3.41. The van der Waals surface area contributed by atoms with Gasteiger partial charge in [-0.05, 0) is 62.8 Å². The Morgan fingerprint density at radius 1 is 1.21 bits per heavy atom. The third-order valence-electron chi connectivity index (χ3n) is 5.12. The molecule has 150 valence electrons. The highest BCUT2D eigenvalue weighted by Gasteiger charge is 2.26. The van der Waals surface area contributed by atoms with Gasteiger partial charge in [-0.1, -0.05) is 24.3 Å². The summed E-state index contributed by atoms with van der Waals surface area (Å²) in [5, 5.41) is 7.41. The van der Waals surface area contributed by atoms with Crippen LogP contribution in [0, 0.1) is 17.6 Å². The van der Waals surface area contributed by atoms with Gasteiger partial charge in [-0.25, -0.2) is 9.67 Å². The Balaban J connectivity index is 1.41. The first kappa shape index (κ1) is 19.5. The molecule has 1 fully saturated rings. The Morgan fingerprint density at radius 2 is 2.03 bits per heavy atom. The second kappa shape index (κ2) is 8.67. The van der Waals surface area contributed by atoms with Crippen molar-refractivity contribution in [2.45, 2.75) is 26.4 Å². The fourth-order valence-corrected chi connectivity index (χ4v) is 3.89. The van der Waals surface area contributed by atoms with Gasteiger partial charge in [-0.15, -0.1) is 0 Å². The smallest absolute Gasteiger partial charge is 0.229 e. The van der Waals surface area contributed by atoms with Crippen LogP contribution in [-0.2, 0) is 11.5 Å². The lowest BCUT2D eigenvalue weighted by molar-refractivity contribution is -0.121.